The minimum absolute atomic E-state index is 0.363. The molecule has 0 saturated heterocycles. The fourth-order valence-corrected chi connectivity index (χ4v) is 1.71. The van der Waals surface area contributed by atoms with Gasteiger partial charge in [-0.2, -0.15) is 4.39 Å². The van der Waals surface area contributed by atoms with Gasteiger partial charge in [0.05, 0.1) is 6.20 Å². The quantitative estimate of drug-likeness (QED) is 0.662. The van der Waals surface area contributed by atoms with E-state index in [1.54, 1.807) is 0 Å². The van der Waals surface area contributed by atoms with Gasteiger partial charge in [-0.05, 0) is 0 Å². The number of ether oxygens (including phenoxy) is 1. The monoisotopic (exact) mass is 294 g/mol. The first-order valence-corrected chi connectivity index (χ1v) is 5.97. The molecular weight excluding hydrogens is 292 g/mol. The van der Waals surface area contributed by atoms with Gasteiger partial charge < -0.3 is 10.5 Å². The van der Waals surface area contributed by atoms with Crippen molar-refractivity contribution in [3.63, 3.8) is 0 Å². The average molecular weight is 295 g/mol. The third-order valence-electron chi connectivity index (χ3n) is 1.45. The summed E-state index contributed by atoms with van der Waals surface area (Å²) in [5, 5.41) is 0. The second kappa shape index (κ2) is 4.18. The molecule has 0 aromatic carbocycles. The topological polar surface area (TPSA) is 82.3 Å². The van der Waals surface area contributed by atoms with Crippen LogP contribution in [0.15, 0.2) is 11.1 Å². The highest BCUT2D eigenvalue weighted by atomic mass is 35.7. The second-order valence-corrected chi connectivity index (χ2v) is 5.17. The van der Waals surface area contributed by atoms with Crippen molar-refractivity contribution in [2.75, 3.05) is 5.73 Å². The van der Waals surface area contributed by atoms with Crippen LogP contribution in [-0.4, -0.2) is 19.8 Å². The molecule has 0 atom stereocenters. The van der Waals surface area contributed by atoms with Gasteiger partial charge >= 0.3 is 6.36 Å². The Morgan fingerprint density at radius 2 is 1.94 bits per heavy atom. The maximum absolute atomic E-state index is 13.2. The molecule has 17 heavy (non-hydrogen) atoms. The van der Waals surface area contributed by atoms with Crippen molar-refractivity contribution in [2.45, 2.75) is 11.3 Å². The molecule has 0 bridgehead atoms. The van der Waals surface area contributed by atoms with Gasteiger partial charge in [-0.25, -0.2) is 13.4 Å². The lowest BCUT2D eigenvalue weighted by Gasteiger charge is -2.12. The predicted molar refractivity (Wildman–Crippen MR) is 48.3 cm³/mol. The summed E-state index contributed by atoms with van der Waals surface area (Å²) >= 11 is 0. The largest absolute Gasteiger partial charge is 0.573 e. The van der Waals surface area contributed by atoms with Crippen LogP contribution in [0, 0.1) is 5.82 Å². The lowest BCUT2D eigenvalue weighted by molar-refractivity contribution is -0.276. The van der Waals surface area contributed by atoms with E-state index in [0.29, 0.717) is 6.20 Å². The number of nitrogens with zero attached hydrogens (tertiary/aromatic N) is 1. The first-order valence-electron chi connectivity index (χ1n) is 3.67. The molecule has 0 fully saturated rings. The van der Waals surface area contributed by atoms with Crippen LogP contribution in [0.25, 0.3) is 0 Å². The van der Waals surface area contributed by atoms with Gasteiger partial charge in [0, 0.05) is 10.7 Å². The molecule has 0 spiro atoms. The average Bonchev–Trinajstić information content (AvgIpc) is 2.08. The van der Waals surface area contributed by atoms with Crippen LogP contribution < -0.4 is 10.5 Å². The second-order valence-electron chi connectivity index (χ2n) is 2.64. The maximum Gasteiger partial charge on any atom is 0.573 e. The van der Waals surface area contributed by atoms with Gasteiger partial charge in [0.2, 0.25) is 5.82 Å². The summed E-state index contributed by atoms with van der Waals surface area (Å²) in [5.74, 6) is -4.35. The number of hydrogen-bond acceptors (Lipinski definition) is 5. The van der Waals surface area contributed by atoms with Gasteiger partial charge in [0.25, 0.3) is 9.05 Å². The molecule has 0 saturated carbocycles. The van der Waals surface area contributed by atoms with Gasteiger partial charge in [-0.3, -0.25) is 0 Å². The smallest absolute Gasteiger partial charge is 0.401 e. The van der Waals surface area contributed by atoms with E-state index in [1.165, 1.54) is 0 Å². The molecule has 1 aromatic heterocycles. The number of alkyl halides is 3. The van der Waals surface area contributed by atoms with E-state index in [1.807, 2.05) is 0 Å². The number of anilines is 1. The zero-order chi connectivity index (χ0) is 13.4. The van der Waals surface area contributed by atoms with Crippen LogP contribution >= 0.6 is 10.7 Å². The Morgan fingerprint density at radius 3 is 2.35 bits per heavy atom. The van der Waals surface area contributed by atoms with Crippen LogP contribution in [0.3, 0.4) is 0 Å². The molecule has 96 valence electrons. The third-order valence-corrected chi connectivity index (χ3v) is 2.76. The molecule has 0 unspecified atom stereocenters. The summed E-state index contributed by atoms with van der Waals surface area (Å²) in [6.45, 7) is 0. The van der Waals surface area contributed by atoms with Crippen LogP contribution in [0.5, 0.6) is 5.75 Å². The highest BCUT2D eigenvalue weighted by Gasteiger charge is 2.36. The highest BCUT2D eigenvalue weighted by Crippen LogP contribution is 2.35. The van der Waals surface area contributed by atoms with Crippen LogP contribution in [-0.2, 0) is 9.05 Å². The van der Waals surface area contributed by atoms with Crippen LogP contribution in [0.2, 0.25) is 0 Å². The van der Waals surface area contributed by atoms with Crippen molar-refractivity contribution in [3.8, 4) is 5.75 Å². The molecule has 0 aliphatic heterocycles. The summed E-state index contributed by atoms with van der Waals surface area (Å²) in [5.41, 5.74) is 4.88. The Morgan fingerprint density at radius 1 is 1.41 bits per heavy atom. The van der Waals surface area contributed by atoms with Gasteiger partial charge in [-0.1, -0.05) is 0 Å². The van der Waals surface area contributed by atoms with E-state index >= 15 is 0 Å². The molecular formula is C6H3ClF4N2O3S. The van der Waals surface area contributed by atoms with Crippen molar-refractivity contribution in [2.24, 2.45) is 0 Å². The van der Waals surface area contributed by atoms with Crippen LogP contribution in [0.1, 0.15) is 0 Å². The molecule has 0 aliphatic rings. The number of rotatable bonds is 2. The van der Waals surface area contributed by atoms with E-state index in [4.69, 9.17) is 16.4 Å². The summed E-state index contributed by atoms with van der Waals surface area (Å²) < 4.78 is 73.9. The molecule has 1 rings (SSSR count). The minimum atomic E-state index is -5.30. The zero-order valence-electron chi connectivity index (χ0n) is 7.62. The van der Waals surface area contributed by atoms with Crippen molar-refractivity contribution in [1.29, 1.82) is 0 Å². The molecule has 0 amide bonds. The number of aromatic nitrogens is 1. The number of pyridine rings is 1. The van der Waals surface area contributed by atoms with Crippen molar-refractivity contribution >= 4 is 25.6 Å². The van der Waals surface area contributed by atoms with Crippen molar-refractivity contribution < 1.29 is 30.7 Å². The van der Waals surface area contributed by atoms with E-state index in [2.05, 4.69) is 9.72 Å². The summed E-state index contributed by atoms with van der Waals surface area (Å²) in [4.78, 5) is 1.77. The number of nitrogen functional groups attached to an aromatic ring is 1. The Kier molecular flexibility index (Phi) is 3.39. The molecule has 0 radical (unpaired) electrons. The normalized spacial score (nSPS) is 12.5. The fraction of sp³-hybridized carbons (Fsp3) is 0.167. The van der Waals surface area contributed by atoms with Gasteiger partial charge in [-0.15, -0.1) is 13.2 Å². The maximum atomic E-state index is 13.2. The minimum Gasteiger partial charge on any atom is -0.401 e. The third kappa shape index (κ3) is 3.33. The number of nitrogens with two attached hydrogens (primary N) is 1. The number of halogens is 5. The molecule has 1 aromatic rings. The van der Waals surface area contributed by atoms with Gasteiger partial charge in [0.1, 0.15) is 4.90 Å². The van der Waals surface area contributed by atoms with Crippen molar-refractivity contribution in [3.05, 3.63) is 12.0 Å². The summed E-state index contributed by atoms with van der Waals surface area (Å²) in [6, 6.07) is 0. The Bertz CT molecular complexity index is 545. The molecule has 11 heteroatoms. The predicted octanol–water partition coefficient (Wildman–Crippen LogP) is 1.63. The van der Waals surface area contributed by atoms with E-state index in [-0.39, 0.29) is 0 Å². The molecule has 1 heterocycles. The van der Waals surface area contributed by atoms with Crippen molar-refractivity contribution in [1.82, 2.24) is 4.98 Å². The standard InChI is InChI=1S/C6H3ClF4N2O3S/c7-17(14,15)2-1-13-5(12)3(8)4(2)16-6(9,10)11/h1H,(H2,12,13). The van der Waals surface area contributed by atoms with Gasteiger partial charge in [0.15, 0.2) is 11.6 Å². The summed E-state index contributed by atoms with van der Waals surface area (Å²) in [7, 11) is 0.138. The Hall–Kier alpha value is -1.29. The van der Waals surface area contributed by atoms with E-state index in [9.17, 15) is 26.0 Å². The van der Waals surface area contributed by atoms with E-state index < -0.39 is 37.7 Å². The lowest BCUT2D eigenvalue weighted by Crippen LogP contribution is -2.20. The lowest BCUT2D eigenvalue weighted by atomic mass is 10.4. The SMILES string of the molecule is Nc1ncc(S(=O)(=O)Cl)c(OC(F)(F)F)c1F. The Labute approximate surface area is 96.6 Å². The zero-order valence-corrected chi connectivity index (χ0v) is 9.20. The fourth-order valence-electron chi connectivity index (χ4n) is 0.852. The first-order chi connectivity index (χ1) is 7.52. The van der Waals surface area contributed by atoms with E-state index in [0.717, 1.165) is 0 Å². The molecule has 5 nitrogen and oxygen atoms in total. The van der Waals surface area contributed by atoms with Crippen LogP contribution in [0.4, 0.5) is 23.4 Å². The molecule has 2 N–H and O–H groups in total. The summed E-state index contributed by atoms with van der Waals surface area (Å²) in [6.07, 6.45) is -4.94. The molecule has 0 aliphatic carbocycles. The highest BCUT2D eigenvalue weighted by molar-refractivity contribution is 8.13. The first kappa shape index (κ1) is 13.8. The number of hydrogen-bond donors (Lipinski definition) is 1. The Balaban J connectivity index is 3.48.